The molecule has 124 valence electrons. The molecule has 1 atom stereocenters. The second-order valence-corrected chi connectivity index (χ2v) is 6.79. The number of piperazine rings is 1. The van der Waals surface area contributed by atoms with Gasteiger partial charge in [-0.3, -0.25) is 4.90 Å². The van der Waals surface area contributed by atoms with Gasteiger partial charge in [0.15, 0.2) is 5.16 Å². The molecular weight excluding hydrogens is 298 g/mol. The van der Waals surface area contributed by atoms with Crippen LogP contribution >= 0.6 is 11.8 Å². The molecule has 2 rings (SSSR count). The van der Waals surface area contributed by atoms with Gasteiger partial charge in [0.2, 0.25) is 0 Å². The number of aliphatic hydroxyl groups excluding tert-OH is 1. The van der Waals surface area contributed by atoms with Crippen molar-refractivity contribution in [3.05, 3.63) is 6.07 Å². The van der Waals surface area contributed by atoms with Gasteiger partial charge in [-0.15, -0.1) is 0 Å². The number of hydrogen-bond acceptors (Lipinski definition) is 7. The number of rotatable bonds is 7. The number of nitrogens with two attached hydrogens (primary N) is 1. The first-order chi connectivity index (χ1) is 10.6. The van der Waals surface area contributed by atoms with Gasteiger partial charge in [0.1, 0.15) is 11.6 Å². The molecule has 0 aromatic carbocycles. The van der Waals surface area contributed by atoms with Gasteiger partial charge in [-0.2, -0.15) is 0 Å². The smallest absolute Gasteiger partial charge is 0.191 e. The summed E-state index contributed by atoms with van der Waals surface area (Å²) in [6, 6.07) is 2.21. The minimum absolute atomic E-state index is 0.215. The van der Waals surface area contributed by atoms with Crippen LogP contribution in [0.4, 0.5) is 11.6 Å². The van der Waals surface area contributed by atoms with Gasteiger partial charge in [-0.25, -0.2) is 9.97 Å². The Balaban J connectivity index is 2.07. The highest BCUT2D eigenvalue weighted by Crippen LogP contribution is 2.23. The van der Waals surface area contributed by atoms with Crippen LogP contribution in [0.3, 0.4) is 0 Å². The third kappa shape index (κ3) is 4.72. The van der Waals surface area contributed by atoms with E-state index in [0.29, 0.717) is 11.9 Å². The maximum absolute atomic E-state index is 9.21. The number of nitrogen functional groups attached to an aromatic ring is 1. The third-order valence-corrected chi connectivity index (χ3v) is 4.94. The van der Waals surface area contributed by atoms with Crippen molar-refractivity contribution in [3.63, 3.8) is 0 Å². The summed E-state index contributed by atoms with van der Waals surface area (Å²) in [7, 11) is 2.11. The van der Waals surface area contributed by atoms with Crippen molar-refractivity contribution < 1.29 is 5.11 Å². The molecule has 1 saturated heterocycles. The van der Waals surface area contributed by atoms with Gasteiger partial charge >= 0.3 is 0 Å². The second kappa shape index (κ2) is 8.55. The molecule has 1 fully saturated rings. The Hall–Kier alpha value is -1.05. The Bertz CT molecular complexity index is 473. The molecule has 3 N–H and O–H groups in total. The van der Waals surface area contributed by atoms with Gasteiger partial charge in [0.05, 0.1) is 0 Å². The van der Waals surface area contributed by atoms with Crippen LogP contribution in [0.1, 0.15) is 26.2 Å². The predicted octanol–water partition coefficient (Wildman–Crippen LogP) is 1.45. The van der Waals surface area contributed by atoms with Crippen LogP contribution in [0.5, 0.6) is 0 Å². The summed E-state index contributed by atoms with van der Waals surface area (Å²) < 4.78 is 0. The predicted molar refractivity (Wildman–Crippen MR) is 92.4 cm³/mol. The number of aliphatic hydroxyl groups is 1. The fourth-order valence-electron chi connectivity index (χ4n) is 2.58. The van der Waals surface area contributed by atoms with Crippen LogP contribution in [0.15, 0.2) is 11.2 Å². The highest BCUT2D eigenvalue weighted by Gasteiger charge is 2.25. The first kappa shape index (κ1) is 17.3. The zero-order chi connectivity index (χ0) is 15.9. The minimum Gasteiger partial charge on any atom is -0.396 e. The fourth-order valence-corrected chi connectivity index (χ4v) is 3.52. The molecule has 0 amide bonds. The summed E-state index contributed by atoms with van der Waals surface area (Å²) in [5.74, 6) is 2.46. The monoisotopic (exact) mass is 325 g/mol. The average Bonchev–Trinajstić information content (AvgIpc) is 2.49. The Morgan fingerprint density at radius 1 is 1.41 bits per heavy atom. The van der Waals surface area contributed by atoms with Crippen molar-refractivity contribution >= 4 is 23.4 Å². The number of nitrogens with zero attached hydrogens (tertiary/aromatic N) is 4. The highest BCUT2D eigenvalue weighted by molar-refractivity contribution is 7.99. The number of aromatic nitrogens is 2. The van der Waals surface area contributed by atoms with E-state index in [-0.39, 0.29) is 6.61 Å². The lowest BCUT2D eigenvalue weighted by atomic mass is 10.1. The lowest BCUT2D eigenvalue weighted by Gasteiger charge is -2.40. The first-order valence-electron chi connectivity index (χ1n) is 7.97. The summed E-state index contributed by atoms with van der Waals surface area (Å²) in [5, 5.41) is 9.97. The van der Waals surface area contributed by atoms with E-state index in [0.717, 1.165) is 49.2 Å². The summed E-state index contributed by atoms with van der Waals surface area (Å²) in [6.45, 7) is 5.15. The zero-order valence-corrected chi connectivity index (χ0v) is 14.3. The van der Waals surface area contributed by atoms with E-state index in [1.54, 1.807) is 11.8 Å². The van der Waals surface area contributed by atoms with Crippen molar-refractivity contribution in [2.24, 2.45) is 0 Å². The molecule has 1 aliphatic rings. The lowest BCUT2D eigenvalue weighted by molar-refractivity contribution is 0.170. The molecule has 1 aliphatic heterocycles. The quantitative estimate of drug-likeness (QED) is 0.446. The normalized spacial score (nSPS) is 19.6. The molecule has 1 aromatic heterocycles. The van der Waals surface area contributed by atoms with Gasteiger partial charge in [-0.1, -0.05) is 25.1 Å². The van der Waals surface area contributed by atoms with E-state index < -0.39 is 0 Å². The van der Waals surface area contributed by atoms with E-state index in [9.17, 15) is 5.11 Å². The van der Waals surface area contributed by atoms with Gasteiger partial charge < -0.3 is 15.7 Å². The number of unbranched alkanes of at least 4 members (excludes halogenated alkanes) is 1. The molecule has 1 aromatic rings. The first-order valence-corrected chi connectivity index (χ1v) is 8.96. The summed E-state index contributed by atoms with van der Waals surface area (Å²) in [5.41, 5.74) is 5.95. The van der Waals surface area contributed by atoms with E-state index in [4.69, 9.17) is 5.73 Å². The van der Waals surface area contributed by atoms with Crippen molar-refractivity contribution in [1.82, 2.24) is 14.9 Å². The SMILES string of the molecule is CCCCSc1nc(N)cc(N2CCN(C)[C@H](CCO)C2)n1. The fraction of sp³-hybridized carbons (Fsp3) is 0.733. The van der Waals surface area contributed by atoms with Crippen LogP contribution in [-0.2, 0) is 0 Å². The molecule has 22 heavy (non-hydrogen) atoms. The average molecular weight is 325 g/mol. The van der Waals surface area contributed by atoms with Gasteiger partial charge in [0, 0.05) is 44.1 Å². The van der Waals surface area contributed by atoms with E-state index in [1.807, 2.05) is 6.07 Å². The maximum Gasteiger partial charge on any atom is 0.191 e. The number of likely N-dealkylation sites (N-methyl/N-ethyl adjacent to an activating group) is 1. The zero-order valence-electron chi connectivity index (χ0n) is 13.5. The van der Waals surface area contributed by atoms with Crippen LogP contribution in [0, 0.1) is 0 Å². The Morgan fingerprint density at radius 2 is 2.23 bits per heavy atom. The van der Waals surface area contributed by atoms with Crippen LogP contribution in [-0.4, -0.2) is 65.1 Å². The summed E-state index contributed by atoms with van der Waals surface area (Å²) >= 11 is 1.67. The summed E-state index contributed by atoms with van der Waals surface area (Å²) in [6.07, 6.45) is 3.11. The van der Waals surface area contributed by atoms with Crippen LogP contribution < -0.4 is 10.6 Å². The van der Waals surface area contributed by atoms with Gasteiger partial charge in [-0.05, 0) is 19.9 Å². The molecule has 2 heterocycles. The molecular formula is C15H27N5OS. The molecule has 0 radical (unpaired) electrons. The number of hydrogen-bond donors (Lipinski definition) is 2. The lowest BCUT2D eigenvalue weighted by Crippen LogP contribution is -2.52. The Kier molecular flexibility index (Phi) is 6.72. The molecule has 7 heteroatoms. The van der Waals surface area contributed by atoms with E-state index >= 15 is 0 Å². The van der Waals surface area contributed by atoms with Crippen LogP contribution in [0.2, 0.25) is 0 Å². The third-order valence-electron chi connectivity index (χ3n) is 4.00. The Morgan fingerprint density at radius 3 is 2.95 bits per heavy atom. The highest BCUT2D eigenvalue weighted by atomic mass is 32.2. The molecule has 0 aliphatic carbocycles. The van der Waals surface area contributed by atoms with E-state index in [2.05, 4.69) is 33.7 Å². The van der Waals surface area contributed by atoms with Crippen molar-refractivity contribution in [1.29, 1.82) is 0 Å². The van der Waals surface area contributed by atoms with Crippen molar-refractivity contribution in [2.75, 3.05) is 49.7 Å². The molecule has 0 spiro atoms. The molecule has 0 bridgehead atoms. The van der Waals surface area contributed by atoms with Gasteiger partial charge in [0.25, 0.3) is 0 Å². The number of thioether (sulfide) groups is 1. The molecule has 0 saturated carbocycles. The maximum atomic E-state index is 9.21. The number of anilines is 2. The topological polar surface area (TPSA) is 78.5 Å². The van der Waals surface area contributed by atoms with Crippen LogP contribution in [0.25, 0.3) is 0 Å². The second-order valence-electron chi connectivity index (χ2n) is 5.73. The van der Waals surface area contributed by atoms with Crippen molar-refractivity contribution in [3.8, 4) is 0 Å². The molecule has 0 unspecified atom stereocenters. The minimum atomic E-state index is 0.215. The van der Waals surface area contributed by atoms with Crippen molar-refractivity contribution in [2.45, 2.75) is 37.4 Å². The Labute approximate surface area is 137 Å². The van der Waals surface area contributed by atoms with E-state index in [1.165, 1.54) is 6.42 Å². The summed E-state index contributed by atoms with van der Waals surface area (Å²) in [4.78, 5) is 13.5. The largest absolute Gasteiger partial charge is 0.396 e. The standard InChI is InChI=1S/C15H27N5OS/c1-3-4-9-22-15-17-13(16)10-14(18-15)20-7-6-19(2)12(11-20)5-8-21/h10,12,21H,3-9,11H2,1-2H3,(H2,16,17,18)/t12-/m1/s1. The molecule has 6 nitrogen and oxygen atoms in total.